The number of amides is 1. The minimum Gasteiger partial charge on any atom is -0.378 e. The maximum absolute atomic E-state index is 13.7. The number of carbonyl (C=O) groups is 1. The fourth-order valence-corrected chi connectivity index (χ4v) is 5.94. The Hall–Kier alpha value is -2.21. The zero-order valence-corrected chi connectivity index (χ0v) is 20.1. The highest BCUT2D eigenvalue weighted by Gasteiger charge is 2.47. The molecule has 2 aromatic rings. The number of rotatable bonds is 5. The molecule has 0 aromatic heterocycles. The highest BCUT2D eigenvalue weighted by molar-refractivity contribution is 5.79. The molecule has 0 bridgehead atoms. The van der Waals surface area contributed by atoms with Crippen LogP contribution in [0.3, 0.4) is 0 Å². The lowest BCUT2D eigenvalue weighted by Gasteiger charge is -2.54. The fraction of sp³-hybridized carbons (Fsp3) is 0.536. The van der Waals surface area contributed by atoms with Gasteiger partial charge in [0.1, 0.15) is 0 Å². The van der Waals surface area contributed by atoms with E-state index in [-0.39, 0.29) is 24.0 Å². The molecule has 3 heterocycles. The first-order valence-electron chi connectivity index (χ1n) is 12.6. The number of hydrogen-bond acceptors (Lipinski definition) is 4. The third-order valence-corrected chi connectivity index (χ3v) is 7.91. The Kier molecular flexibility index (Phi) is 6.81. The lowest BCUT2D eigenvalue weighted by molar-refractivity contribution is -0.153. The van der Waals surface area contributed by atoms with Gasteiger partial charge in [-0.3, -0.25) is 14.6 Å². The van der Waals surface area contributed by atoms with Crippen LogP contribution in [-0.4, -0.2) is 78.1 Å². The summed E-state index contributed by atoms with van der Waals surface area (Å²) < 4.78 is 6.19. The van der Waals surface area contributed by atoms with Crippen LogP contribution < -0.4 is 0 Å². The van der Waals surface area contributed by atoms with E-state index in [1.165, 1.54) is 29.5 Å². The molecule has 5 heteroatoms. The Morgan fingerprint density at radius 2 is 1.64 bits per heavy atom. The van der Waals surface area contributed by atoms with Crippen molar-refractivity contribution in [3.8, 4) is 0 Å². The molecule has 3 fully saturated rings. The average molecular weight is 448 g/mol. The summed E-state index contributed by atoms with van der Waals surface area (Å²) in [4.78, 5) is 21.0. The van der Waals surface area contributed by atoms with Crippen molar-refractivity contribution in [2.45, 2.75) is 57.8 Å². The molecule has 5 nitrogen and oxygen atoms in total. The predicted molar refractivity (Wildman–Crippen MR) is 131 cm³/mol. The smallest absolute Gasteiger partial charge is 0.227 e. The number of hydrogen-bond donors (Lipinski definition) is 0. The predicted octanol–water partition coefficient (Wildman–Crippen LogP) is 3.42. The van der Waals surface area contributed by atoms with E-state index in [2.05, 4.69) is 77.1 Å². The number of piperazine rings is 1. The van der Waals surface area contributed by atoms with Crippen LogP contribution in [0.5, 0.6) is 0 Å². The van der Waals surface area contributed by atoms with Gasteiger partial charge in [-0.2, -0.15) is 0 Å². The highest BCUT2D eigenvalue weighted by Crippen LogP contribution is 2.31. The molecule has 0 N–H and O–H groups in total. The number of nitrogens with zero attached hydrogens (tertiary/aromatic N) is 3. The van der Waals surface area contributed by atoms with Gasteiger partial charge in [0, 0.05) is 19.6 Å². The molecule has 0 aliphatic carbocycles. The monoisotopic (exact) mass is 447 g/mol. The van der Waals surface area contributed by atoms with E-state index in [0.29, 0.717) is 13.0 Å². The lowest BCUT2D eigenvalue weighted by atomic mass is 9.90. The number of likely N-dealkylation sites (tertiary alicyclic amines) is 1. The molecule has 2 unspecified atom stereocenters. The first kappa shape index (κ1) is 22.6. The van der Waals surface area contributed by atoms with E-state index in [9.17, 15) is 4.79 Å². The highest BCUT2D eigenvalue weighted by atomic mass is 16.5. The summed E-state index contributed by atoms with van der Waals surface area (Å²) in [7, 11) is 0. The second-order valence-corrected chi connectivity index (χ2v) is 10.0. The quantitative estimate of drug-likeness (QED) is 0.704. The van der Waals surface area contributed by atoms with Crippen molar-refractivity contribution in [1.29, 1.82) is 0 Å². The van der Waals surface area contributed by atoms with E-state index >= 15 is 0 Å². The molecule has 0 saturated carbocycles. The molecular weight excluding hydrogens is 410 g/mol. The topological polar surface area (TPSA) is 36.0 Å². The number of carbonyl (C=O) groups excluding carboxylic acids is 1. The summed E-state index contributed by atoms with van der Waals surface area (Å²) in [6, 6.07) is 17.8. The maximum atomic E-state index is 13.7. The molecule has 3 aliphatic rings. The molecule has 2 aromatic carbocycles. The summed E-state index contributed by atoms with van der Waals surface area (Å²) in [5.41, 5.74) is 4.98. The van der Waals surface area contributed by atoms with Gasteiger partial charge < -0.3 is 9.64 Å². The van der Waals surface area contributed by atoms with Gasteiger partial charge in [0.15, 0.2) is 0 Å². The molecule has 3 saturated heterocycles. The molecule has 3 aliphatic heterocycles. The summed E-state index contributed by atoms with van der Waals surface area (Å²) in [5, 5.41) is 0. The van der Waals surface area contributed by atoms with Crippen LogP contribution in [0.2, 0.25) is 0 Å². The molecule has 3 atom stereocenters. The van der Waals surface area contributed by atoms with Crippen molar-refractivity contribution in [2.24, 2.45) is 0 Å². The standard InChI is InChI=1S/C28H37N3O2/c1-21-10-11-24(16-22(21)2)17-27(32)31-15-14-30(18-23-8-4-3-5-9-23)26-20-33-19-25(28(26)31)29-12-6-7-13-29/h3-5,8-11,16,25-26,28H,6-7,12-15,17-20H2,1-2H3/t25-,26?,28?/m0/s1. The van der Waals surface area contributed by atoms with Crippen molar-refractivity contribution in [2.75, 3.05) is 39.4 Å². The van der Waals surface area contributed by atoms with Crippen LogP contribution in [0.1, 0.15) is 35.1 Å². The van der Waals surface area contributed by atoms with Crippen molar-refractivity contribution >= 4 is 5.91 Å². The maximum Gasteiger partial charge on any atom is 0.227 e. The summed E-state index contributed by atoms with van der Waals surface area (Å²) in [5.74, 6) is 0.263. The Labute approximate surface area is 198 Å². The average Bonchev–Trinajstić information content (AvgIpc) is 3.37. The van der Waals surface area contributed by atoms with Gasteiger partial charge in [-0.05, 0) is 62.0 Å². The van der Waals surface area contributed by atoms with E-state index in [4.69, 9.17) is 4.74 Å². The van der Waals surface area contributed by atoms with Gasteiger partial charge >= 0.3 is 0 Å². The minimum absolute atomic E-state index is 0.188. The van der Waals surface area contributed by atoms with E-state index < -0.39 is 0 Å². The van der Waals surface area contributed by atoms with Crippen molar-refractivity contribution in [3.05, 3.63) is 70.8 Å². The van der Waals surface area contributed by atoms with Gasteiger partial charge in [0.05, 0.1) is 37.8 Å². The Bertz CT molecular complexity index is 957. The number of aryl methyl sites for hydroxylation is 2. The Morgan fingerprint density at radius 3 is 2.39 bits per heavy atom. The zero-order valence-electron chi connectivity index (χ0n) is 20.1. The van der Waals surface area contributed by atoms with Crippen LogP contribution >= 0.6 is 0 Å². The number of ether oxygens (including phenoxy) is 1. The van der Waals surface area contributed by atoms with Gasteiger partial charge in [0.2, 0.25) is 5.91 Å². The van der Waals surface area contributed by atoms with Crippen LogP contribution in [-0.2, 0) is 22.5 Å². The van der Waals surface area contributed by atoms with Crippen molar-refractivity contribution < 1.29 is 9.53 Å². The van der Waals surface area contributed by atoms with Crippen LogP contribution in [0, 0.1) is 13.8 Å². The molecule has 5 rings (SSSR count). The largest absolute Gasteiger partial charge is 0.378 e. The molecule has 33 heavy (non-hydrogen) atoms. The summed E-state index contributed by atoms with van der Waals surface area (Å²) in [6.07, 6.45) is 2.98. The summed E-state index contributed by atoms with van der Waals surface area (Å²) >= 11 is 0. The number of benzene rings is 2. The fourth-order valence-electron chi connectivity index (χ4n) is 5.94. The summed E-state index contributed by atoms with van der Waals surface area (Å²) in [6.45, 7) is 10.5. The molecule has 1 amide bonds. The Balaban J connectivity index is 1.39. The van der Waals surface area contributed by atoms with Crippen molar-refractivity contribution in [3.63, 3.8) is 0 Å². The first-order chi connectivity index (χ1) is 16.1. The van der Waals surface area contributed by atoms with Crippen molar-refractivity contribution in [1.82, 2.24) is 14.7 Å². The van der Waals surface area contributed by atoms with Crippen LogP contribution in [0.4, 0.5) is 0 Å². The van der Waals surface area contributed by atoms with E-state index in [1.807, 2.05) is 0 Å². The van der Waals surface area contributed by atoms with Gasteiger partial charge in [-0.25, -0.2) is 0 Å². The zero-order chi connectivity index (χ0) is 22.8. The molecule has 176 valence electrons. The normalized spacial score (nSPS) is 26.4. The van der Waals surface area contributed by atoms with E-state index in [0.717, 1.165) is 44.9 Å². The van der Waals surface area contributed by atoms with Gasteiger partial charge in [-0.1, -0.05) is 48.5 Å². The third kappa shape index (κ3) is 4.86. The third-order valence-electron chi connectivity index (χ3n) is 7.91. The second-order valence-electron chi connectivity index (χ2n) is 10.0. The molecule has 0 spiro atoms. The molecule has 0 radical (unpaired) electrons. The molecular formula is C28H37N3O2. The minimum atomic E-state index is 0.188. The SMILES string of the molecule is Cc1ccc(CC(=O)N2CCN(Cc3ccccc3)C3COC[C@H](N4CCCC4)C32)cc1C. The van der Waals surface area contributed by atoms with Gasteiger partial charge in [-0.15, -0.1) is 0 Å². The number of fused-ring (bicyclic) bond motifs is 1. The van der Waals surface area contributed by atoms with E-state index in [1.54, 1.807) is 0 Å². The Morgan fingerprint density at radius 1 is 0.879 bits per heavy atom. The lowest BCUT2D eigenvalue weighted by Crippen LogP contribution is -2.71. The van der Waals surface area contributed by atoms with Crippen LogP contribution in [0.25, 0.3) is 0 Å². The van der Waals surface area contributed by atoms with Gasteiger partial charge in [0.25, 0.3) is 0 Å². The van der Waals surface area contributed by atoms with Crippen LogP contribution in [0.15, 0.2) is 48.5 Å². The first-order valence-corrected chi connectivity index (χ1v) is 12.6. The second kappa shape index (κ2) is 9.96.